The first-order chi connectivity index (χ1) is 6.08. The van der Waals surface area contributed by atoms with Crippen LogP contribution in [0.4, 0.5) is 4.39 Å². The predicted octanol–water partition coefficient (Wildman–Crippen LogP) is -1.09. The molecular weight excluding hydrogens is 178 g/mol. The second-order valence-electron chi connectivity index (χ2n) is 2.86. The zero-order valence-electron chi connectivity index (χ0n) is 8.25. The molecule has 13 heavy (non-hydrogen) atoms. The first kappa shape index (κ1) is 12.8. The van der Waals surface area contributed by atoms with Crippen LogP contribution in [0.15, 0.2) is 0 Å². The smallest absolute Gasteiger partial charge is 0.255 e. The zero-order chi connectivity index (χ0) is 10.3. The maximum atomic E-state index is 13.6. The molecule has 0 amide bonds. The summed E-state index contributed by atoms with van der Waals surface area (Å²) in [5, 5.41) is 8.66. The number of alkyl halides is 1. The first-order valence-corrected chi connectivity index (χ1v) is 4.03. The molecule has 0 bridgehead atoms. The van der Waals surface area contributed by atoms with Gasteiger partial charge in [0.1, 0.15) is 21.1 Å². The number of hydrogen-bond acceptors (Lipinski definition) is 4. The van der Waals surface area contributed by atoms with Crippen molar-refractivity contribution in [3.8, 4) is 0 Å². The molecule has 0 saturated carbocycles. The van der Waals surface area contributed by atoms with E-state index in [1.54, 1.807) is 7.85 Å². The van der Waals surface area contributed by atoms with Crippen LogP contribution in [0.25, 0.3) is 0 Å². The highest BCUT2D eigenvalue weighted by Gasteiger charge is 2.32. The molecular formula is C7H16BFO4. The second kappa shape index (κ2) is 6.31. The van der Waals surface area contributed by atoms with Gasteiger partial charge in [0.2, 0.25) is 0 Å². The predicted molar refractivity (Wildman–Crippen MR) is 48.1 cm³/mol. The van der Waals surface area contributed by atoms with Crippen molar-refractivity contribution >= 4 is 7.85 Å². The molecule has 6 heteroatoms. The summed E-state index contributed by atoms with van der Waals surface area (Å²) in [5.41, 5.74) is 0. The number of ether oxygens (including phenoxy) is 3. The van der Waals surface area contributed by atoms with E-state index >= 15 is 0 Å². The molecule has 1 atom stereocenters. The van der Waals surface area contributed by atoms with Gasteiger partial charge >= 0.3 is 0 Å². The average molecular weight is 194 g/mol. The summed E-state index contributed by atoms with van der Waals surface area (Å²) in [5.74, 6) is -1.98. The summed E-state index contributed by atoms with van der Waals surface area (Å²) in [4.78, 5) is 0. The summed E-state index contributed by atoms with van der Waals surface area (Å²) >= 11 is 0. The molecule has 0 aliphatic rings. The number of halogens is 1. The van der Waals surface area contributed by atoms with E-state index in [0.29, 0.717) is 0 Å². The molecule has 0 aromatic rings. The molecule has 0 heterocycles. The van der Waals surface area contributed by atoms with Gasteiger partial charge in [-0.15, -0.1) is 0 Å². The van der Waals surface area contributed by atoms with Crippen LogP contribution in [0.3, 0.4) is 0 Å². The van der Waals surface area contributed by atoms with E-state index in [9.17, 15) is 4.39 Å². The van der Waals surface area contributed by atoms with Crippen molar-refractivity contribution < 1.29 is 23.7 Å². The molecule has 0 aromatic heterocycles. The van der Waals surface area contributed by atoms with E-state index in [1.165, 1.54) is 14.2 Å². The summed E-state index contributed by atoms with van der Waals surface area (Å²) in [6.07, 6.45) is 0. The van der Waals surface area contributed by atoms with Gasteiger partial charge in [0.25, 0.3) is 5.85 Å². The normalized spacial score (nSPS) is 14.5. The number of aliphatic hydroxyl groups is 1. The summed E-state index contributed by atoms with van der Waals surface area (Å²) in [6.45, 7) is -0.671. The van der Waals surface area contributed by atoms with Gasteiger partial charge in [0.05, 0.1) is 12.6 Å². The third-order valence-electron chi connectivity index (χ3n) is 1.39. The van der Waals surface area contributed by atoms with Gasteiger partial charge in [-0.3, -0.25) is 0 Å². The Kier molecular flexibility index (Phi) is 6.23. The monoisotopic (exact) mass is 194 g/mol. The number of rotatable bonds is 7. The van der Waals surface area contributed by atoms with Crippen LogP contribution >= 0.6 is 0 Å². The number of hydrogen-bond donors (Lipinski definition) is 1. The molecule has 4 nitrogen and oxygen atoms in total. The Balaban J connectivity index is 4.05. The standard InChI is InChI=1S/C7H16BFO4/c1-11-4-7(9,5-12-2)13-6(8)3-10/h6,10H,3-5,8H2,1-2H3/t6-/m1/s1. The molecule has 0 saturated heterocycles. The summed E-state index contributed by atoms with van der Waals surface area (Å²) in [7, 11) is 4.31. The van der Waals surface area contributed by atoms with Crippen molar-refractivity contribution in [1.29, 1.82) is 0 Å². The molecule has 0 rings (SSSR count). The Labute approximate surface area is 78.4 Å². The van der Waals surface area contributed by atoms with Crippen molar-refractivity contribution in [2.45, 2.75) is 11.9 Å². The average Bonchev–Trinajstić information content (AvgIpc) is 2.04. The highest BCUT2D eigenvalue weighted by atomic mass is 19.2. The van der Waals surface area contributed by atoms with Gasteiger partial charge in [0, 0.05) is 14.2 Å². The van der Waals surface area contributed by atoms with E-state index in [-0.39, 0.29) is 19.8 Å². The van der Waals surface area contributed by atoms with E-state index in [1.807, 2.05) is 0 Å². The lowest BCUT2D eigenvalue weighted by Gasteiger charge is -2.26. The van der Waals surface area contributed by atoms with Gasteiger partial charge in [0.15, 0.2) is 0 Å². The molecule has 0 spiro atoms. The lowest BCUT2D eigenvalue weighted by atomic mass is 10.0. The molecule has 1 N–H and O–H groups in total. The minimum Gasteiger partial charge on any atom is -0.394 e. The summed E-state index contributed by atoms with van der Waals surface area (Å²) in [6, 6.07) is -0.574. The third-order valence-corrected chi connectivity index (χ3v) is 1.39. The van der Waals surface area contributed by atoms with E-state index < -0.39 is 11.9 Å². The van der Waals surface area contributed by atoms with Crippen LogP contribution < -0.4 is 0 Å². The quantitative estimate of drug-likeness (QED) is 0.523. The van der Waals surface area contributed by atoms with Crippen molar-refractivity contribution in [1.82, 2.24) is 0 Å². The maximum Gasteiger partial charge on any atom is 0.255 e. The molecule has 0 radical (unpaired) electrons. The highest BCUT2D eigenvalue weighted by molar-refractivity contribution is 6.11. The lowest BCUT2D eigenvalue weighted by molar-refractivity contribution is -0.215. The topological polar surface area (TPSA) is 47.9 Å². The first-order valence-electron chi connectivity index (χ1n) is 4.03. The Morgan fingerprint density at radius 3 is 2.15 bits per heavy atom. The molecule has 0 aliphatic heterocycles. The number of methoxy groups -OCH3 is 2. The fourth-order valence-corrected chi connectivity index (χ4v) is 0.939. The largest absolute Gasteiger partial charge is 0.394 e. The minimum atomic E-state index is -1.98. The zero-order valence-corrected chi connectivity index (χ0v) is 8.25. The van der Waals surface area contributed by atoms with Crippen LogP contribution in [0, 0.1) is 0 Å². The summed E-state index contributed by atoms with van der Waals surface area (Å²) < 4.78 is 27.8. The van der Waals surface area contributed by atoms with Crippen LogP contribution in [-0.2, 0) is 14.2 Å². The maximum absolute atomic E-state index is 13.6. The van der Waals surface area contributed by atoms with E-state index in [2.05, 4.69) is 9.47 Å². The van der Waals surface area contributed by atoms with Crippen LogP contribution in [0.2, 0.25) is 0 Å². The van der Waals surface area contributed by atoms with Crippen molar-refractivity contribution in [2.75, 3.05) is 34.0 Å². The molecule has 0 fully saturated rings. The fraction of sp³-hybridized carbons (Fsp3) is 1.00. The van der Waals surface area contributed by atoms with E-state index in [4.69, 9.17) is 9.84 Å². The fourth-order valence-electron chi connectivity index (χ4n) is 0.939. The Hall–Kier alpha value is -0.165. The Bertz CT molecular complexity index is 130. The minimum absolute atomic E-state index is 0.217. The van der Waals surface area contributed by atoms with Crippen molar-refractivity contribution in [2.24, 2.45) is 0 Å². The lowest BCUT2D eigenvalue weighted by Crippen LogP contribution is -2.42. The molecule has 78 valence electrons. The third kappa shape index (κ3) is 5.20. The molecule has 0 aromatic carbocycles. The van der Waals surface area contributed by atoms with Gasteiger partial charge in [-0.05, 0) is 0 Å². The van der Waals surface area contributed by atoms with Gasteiger partial charge in [-0.25, -0.2) is 4.39 Å². The van der Waals surface area contributed by atoms with Crippen LogP contribution in [-0.4, -0.2) is 58.9 Å². The van der Waals surface area contributed by atoms with Crippen molar-refractivity contribution in [3.63, 3.8) is 0 Å². The molecule has 0 unspecified atom stereocenters. The molecule has 0 aliphatic carbocycles. The van der Waals surface area contributed by atoms with Gasteiger partial charge in [-0.1, -0.05) is 0 Å². The Morgan fingerprint density at radius 2 is 1.85 bits per heavy atom. The van der Waals surface area contributed by atoms with Crippen LogP contribution in [0.5, 0.6) is 0 Å². The Morgan fingerprint density at radius 1 is 1.38 bits per heavy atom. The van der Waals surface area contributed by atoms with Gasteiger partial charge < -0.3 is 19.3 Å². The van der Waals surface area contributed by atoms with Crippen LogP contribution in [0.1, 0.15) is 0 Å². The van der Waals surface area contributed by atoms with Crippen molar-refractivity contribution in [3.05, 3.63) is 0 Å². The SMILES string of the molecule is B[C@@H](CO)OC(F)(COC)COC. The highest BCUT2D eigenvalue weighted by Crippen LogP contribution is 2.15. The van der Waals surface area contributed by atoms with Gasteiger partial charge in [-0.2, -0.15) is 0 Å². The second-order valence-corrected chi connectivity index (χ2v) is 2.86. The number of aliphatic hydroxyl groups excluding tert-OH is 1. The van der Waals surface area contributed by atoms with E-state index in [0.717, 1.165) is 0 Å².